The summed E-state index contributed by atoms with van der Waals surface area (Å²) in [5.74, 6) is 0.264. The van der Waals surface area contributed by atoms with Crippen molar-refractivity contribution in [2.24, 2.45) is 5.92 Å². The minimum atomic E-state index is -0.236. The Kier molecular flexibility index (Phi) is 5.96. The Labute approximate surface area is 138 Å². The fraction of sp³-hybridized carbons (Fsp3) is 0.294. The van der Waals surface area contributed by atoms with Gasteiger partial charge in [-0.2, -0.15) is 10.5 Å². The lowest BCUT2D eigenvalue weighted by atomic mass is 10.1. The SMILES string of the molecule is C=CCn1c(SC[C@H](C#N)CCC#N)nc2ccccc2c1=O. The van der Waals surface area contributed by atoms with Crippen molar-refractivity contribution in [2.75, 3.05) is 5.75 Å². The second-order valence-electron chi connectivity index (χ2n) is 4.95. The van der Waals surface area contributed by atoms with Crippen LogP contribution in [0.1, 0.15) is 12.8 Å². The predicted octanol–water partition coefficient (Wildman–Crippen LogP) is 3.12. The van der Waals surface area contributed by atoms with Gasteiger partial charge in [-0.3, -0.25) is 9.36 Å². The van der Waals surface area contributed by atoms with Crippen molar-refractivity contribution in [3.8, 4) is 12.1 Å². The molecule has 0 unspecified atom stereocenters. The first-order valence-corrected chi connectivity index (χ1v) is 8.19. The predicted molar refractivity (Wildman–Crippen MR) is 90.9 cm³/mol. The van der Waals surface area contributed by atoms with Gasteiger partial charge in [-0.25, -0.2) is 4.98 Å². The molecule has 5 nitrogen and oxygen atoms in total. The quantitative estimate of drug-likeness (QED) is 0.444. The Morgan fingerprint density at radius 3 is 2.87 bits per heavy atom. The number of hydrogen-bond donors (Lipinski definition) is 0. The van der Waals surface area contributed by atoms with Crippen molar-refractivity contribution >= 4 is 22.7 Å². The standard InChI is InChI=1S/C17H16N4OS/c1-2-10-21-16(22)14-7-3-4-8-15(14)20-17(21)23-12-13(11-19)6-5-9-18/h2-4,7-8,13H,1,5-6,10,12H2/t13-/m0/s1. The highest BCUT2D eigenvalue weighted by molar-refractivity contribution is 7.99. The van der Waals surface area contributed by atoms with Crippen molar-refractivity contribution in [3.63, 3.8) is 0 Å². The van der Waals surface area contributed by atoms with E-state index in [2.05, 4.69) is 23.7 Å². The first-order chi connectivity index (χ1) is 11.2. The molecule has 0 radical (unpaired) electrons. The third-order valence-corrected chi connectivity index (χ3v) is 4.48. The van der Waals surface area contributed by atoms with Crippen molar-refractivity contribution in [3.05, 3.63) is 47.3 Å². The van der Waals surface area contributed by atoms with Gasteiger partial charge in [0.1, 0.15) is 0 Å². The lowest BCUT2D eigenvalue weighted by molar-refractivity contribution is 0.659. The summed E-state index contributed by atoms with van der Waals surface area (Å²) in [6.45, 7) is 4.05. The van der Waals surface area contributed by atoms with Crippen LogP contribution < -0.4 is 5.56 Å². The van der Waals surface area contributed by atoms with Crippen LogP contribution in [-0.4, -0.2) is 15.3 Å². The summed E-state index contributed by atoms with van der Waals surface area (Å²) < 4.78 is 1.57. The summed E-state index contributed by atoms with van der Waals surface area (Å²) in [4.78, 5) is 17.1. The normalized spacial score (nSPS) is 11.6. The summed E-state index contributed by atoms with van der Waals surface area (Å²) in [5, 5.41) is 18.9. The Balaban J connectivity index is 2.33. The number of benzene rings is 1. The van der Waals surface area contributed by atoms with Crippen LogP contribution in [0.3, 0.4) is 0 Å². The Morgan fingerprint density at radius 1 is 1.39 bits per heavy atom. The van der Waals surface area contributed by atoms with Crippen LogP contribution in [0.15, 0.2) is 46.9 Å². The van der Waals surface area contributed by atoms with E-state index in [9.17, 15) is 4.79 Å². The fourth-order valence-corrected chi connectivity index (χ4v) is 3.21. The van der Waals surface area contributed by atoms with E-state index in [0.717, 1.165) is 0 Å². The second kappa shape index (κ2) is 8.17. The summed E-state index contributed by atoms with van der Waals surface area (Å²) in [5.41, 5.74) is 0.536. The highest BCUT2D eigenvalue weighted by Gasteiger charge is 2.14. The average molecular weight is 324 g/mol. The number of rotatable bonds is 7. The molecule has 0 aliphatic rings. The van der Waals surface area contributed by atoms with E-state index in [1.54, 1.807) is 22.8 Å². The Morgan fingerprint density at radius 2 is 2.17 bits per heavy atom. The summed E-state index contributed by atoms with van der Waals surface area (Å²) in [6.07, 6.45) is 2.53. The van der Waals surface area contributed by atoms with Crippen LogP contribution in [0.25, 0.3) is 10.9 Å². The molecule has 1 heterocycles. The molecule has 0 aliphatic heterocycles. The number of nitriles is 2. The summed E-state index contributed by atoms with van der Waals surface area (Å²) in [7, 11) is 0. The molecule has 2 aromatic rings. The molecule has 0 aliphatic carbocycles. The maximum atomic E-state index is 12.6. The van der Waals surface area contributed by atoms with Crippen molar-refractivity contribution in [1.82, 2.24) is 9.55 Å². The van der Waals surface area contributed by atoms with Crippen LogP contribution in [0.5, 0.6) is 0 Å². The maximum absolute atomic E-state index is 12.6. The van der Waals surface area contributed by atoms with Crippen molar-refractivity contribution < 1.29 is 0 Å². The summed E-state index contributed by atoms with van der Waals surface area (Å²) in [6, 6.07) is 11.5. The van der Waals surface area contributed by atoms with Crippen molar-refractivity contribution in [1.29, 1.82) is 10.5 Å². The number of fused-ring (bicyclic) bond motifs is 1. The first-order valence-electron chi connectivity index (χ1n) is 7.21. The molecule has 6 heteroatoms. The van der Waals surface area contributed by atoms with Crippen LogP contribution in [-0.2, 0) is 6.54 Å². The van der Waals surface area contributed by atoms with E-state index >= 15 is 0 Å². The molecule has 0 spiro atoms. The fourth-order valence-electron chi connectivity index (χ4n) is 2.15. The van der Waals surface area contributed by atoms with E-state index in [1.807, 2.05) is 12.1 Å². The molecule has 1 atom stereocenters. The smallest absolute Gasteiger partial charge is 0.262 e. The molecule has 0 bridgehead atoms. The monoisotopic (exact) mass is 324 g/mol. The molecule has 1 aromatic heterocycles. The average Bonchev–Trinajstić information content (AvgIpc) is 2.58. The van der Waals surface area contributed by atoms with Gasteiger partial charge in [-0.05, 0) is 18.6 Å². The molecule has 23 heavy (non-hydrogen) atoms. The van der Waals surface area contributed by atoms with Gasteiger partial charge in [0.2, 0.25) is 0 Å². The topological polar surface area (TPSA) is 82.5 Å². The zero-order chi connectivity index (χ0) is 16.7. The molecule has 0 N–H and O–H groups in total. The van der Waals surface area contributed by atoms with Gasteiger partial charge in [0.05, 0.1) is 29.0 Å². The van der Waals surface area contributed by atoms with Crippen LogP contribution in [0.2, 0.25) is 0 Å². The largest absolute Gasteiger partial charge is 0.283 e. The molecule has 0 fully saturated rings. The minimum Gasteiger partial charge on any atom is -0.283 e. The van der Waals surface area contributed by atoms with E-state index < -0.39 is 0 Å². The molecule has 0 amide bonds. The molecule has 1 aromatic carbocycles. The molecular weight excluding hydrogens is 308 g/mol. The minimum absolute atomic E-state index is 0.108. The Bertz CT molecular complexity index is 844. The highest BCUT2D eigenvalue weighted by Crippen LogP contribution is 2.22. The van der Waals surface area contributed by atoms with Gasteiger partial charge in [0.15, 0.2) is 5.16 Å². The zero-order valence-electron chi connectivity index (χ0n) is 12.6. The summed E-state index contributed by atoms with van der Waals surface area (Å²) >= 11 is 1.37. The van der Waals surface area contributed by atoms with E-state index in [4.69, 9.17) is 10.5 Å². The lowest BCUT2D eigenvalue weighted by Crippen LogP contribution is -2.23. The van der Waals surface area contributed by atoms with E-state index in [1.165, 1.54) is 11.8 Å². The number of aromatic nitrogens is 2. The molecular formula is C17H16N4OS. The molecule has 2 rings (SSSR count). The van der Waals surface area contributed by atoms with Crippen molar-refractivity contribution in [2.45, 2.75) is 24.5 Å². The van der Waals surface area contributed by atoms with Gasteiger partial charge in [0.25, 0.3) is 5.56 Å². The van der Waals surface area contributed by atoms with Crippen LogP contribution in [0, 0.1) is 28.6 Å². The second-order valence-corrected chi connectivity index (χ2v) is 5.94. The van der Waals surface area contributed by atoms with Crippen LogP contribution in [0.4, 0.5) is 0 Å². The number of allylic oxidation sites excluding steroid dienone is 1. The van der Waals surface area contributed by atoms with Gasteiger partial charge in [-0.15, -0.1) is 6.58 Å². The van der Waals surface area contributed by atoms with E-state index in [0.29, 0.717) is 41.2 Å². The Hall–Kier alpha value is -2.57. The molecule has 0 saturated heterocycles. The lowest BCUT2D eigenvalue weighted by Gasteiger charge is -2.12. The number of para-hydroxylation sites is 1. The zero-order valence-corrected chi connectivity index (χ0v) is 13.4. The number of hydrogen-bond acceptors (Lipinski definition) is 5. The number of thioether (sulfide) groups is 1. The van der Waals surface area contributed by atoms with E-state index in [-0.39, 0.29) is 11.5 Å². The maximum Gasteiger partial charge on any atom is 0.262 e. The third-order valence-electron chi connectivity index (χ3n) is 3.34. The first kappa shape index (κ1) is 16.8. The molecule has 116 valence electrons. The van der Waals surface area contributed by atoms with Crippen LogP contribution >= 0.6 is 11.8 Å². The van der Waals surface area contributed by atoms with Gasteiger partial charge < -0.3 is 0 Å². The van der Waals surface area contributed by atoms with Gasteiger partial charge in [0, 0.05) is 18.7 Å². The highest BCUT2D eigenvalue weighted by atomic mass is 32.2. The van der Waals surface area contributed by atoms with Gasteiger partial charge >= 0.3 is 0 Å². The molecule has 0 saturated carbocycles. The number of nitrogens with zero attached hydrogens (tertiary/aromatic N) is 4. The van der Waals surface area contributed by atoms with Gasteiger partial charge in [-0.1, -0.05) is 30.0 Å². The third kappa shape index (κ3) is 4.00.